The number of carbonyl (C=O) groups excluding carboxylic acids is 1. The predicted octanol–water partition coefficient (Wildman–Crippen LogP) is 2.39. The summed E-state index contributed by atoms with van der Waals surface area (Å²) in [7, 11) is 0. The maximum absolute atomic E-state index is 12.5. The smallest absolute Gasteiger partial charge is 0.255 e. The lowest BCUT2D eigenvalue weighted by molar-refractivity contribution is 0.0737. The van der Waals surface area contributed by atoms with E-state index in [1.54, 1.807) is 11.8 Å². The number of amides is 1. The van der Waals surface area contributed by atoms with E-state index in [1.807, 2.05) is 35.4 Å². The van der Waals surface area contributed by atoms with Crippen LogP contribution in [-0.4, -0.2) is 36.2 Å². The highest BCUT2D eigenvalue weighted by atomic mass is 35.5. The molecule has 0 bridgehead atoms. The molecule has 2 rings (SSSR count). The number of benzene rings is 1. The first kappa shape index (κ1) is 15.3. The minimum absolute atomic E-state index is 0. The third-order valence-electron chi connectivity index (χ3n) is 3.25. The van der Waals surface area contributed by atoms with Crippen molar-refractivity contribution < 1.29 is 4.79 Å². The molecule has 1 aliphatic rings. The summed E-state index contributed by atoms with van der Waals surface area (Å²) in [6, 6.07) is 8.00. The van der Waals surface area contributed by atoms with Crippen LogP contribution in [0.3, 0.4) is 0 Å². The second-order valence-corrected chi connectivity index (χ2v) is 5.08. The van der Waals surface area contributed by atoms with Crippen LogP contribution in [0.15, 0.2) is 29.2 Å². The molecule has 5 heteroatoms. The van der Waals surface area contributed by atoms with Crippen molar-refractivity contribution in [2.45, 2.75) is 23.8 Å². The van der Waals surface area contributed by atoms with Crippen LogP contribution in [0.4, 0.5) is 0 Å². The van der Waals surface area contributed by atoms with Gasteiger partial charge >= 0.3 is 0 Å². The van der Waals surface area contributed by atoms with Gasteiger partial charge in [0.1, 0.15) is 0 Å². The van der Waals surface area contributed by atoms with Gasteiger partial charge in [-0.25, -0.2) is 0 Å². The zero-order valence-corrected chi connectivity index (χ0v) is 12.1. The summed E-state index contributed by atoms with van der Waals surface area (Å²) < 4.78 is 0. The van der Waals surface area contributed by atoms with Gasteiger partial charge in [0.25, 0.3) is 5.91 Å². The summed E-state index contributed by atoms with van der Waals surface area (Å²) in [4.78, 5) is 15.4. The fraction of sp³-hybridized carbons (Fsp3) is 0.462. The Morgan fingerprint density at radius 2 is 2.22 bits per heavy atom. The van der Waals surface area contributed by atoms with Crippen LogP contribution >= 0.6 is 24.2 Å². The molecule has 1 aromatic carbocycles. The summed E-state index contributed by atoms with van der Waals surface area (Å²) in [6.07, 6.45) is 4.09. The normalized spacial score (nSPS) is 18.6. The SMILES string of the molecule is CSc1ccccc1C(=O)N1CCCC1CN.Cl. The second kappa shape index (κ2) is 7.02. The molecule has 1 fully saturated rings. The molecule has 1 aliphatic heterocycles. The number of rotatable bonds is 3. The minimum atomic E-state index is 0. The highest BCUT2D eigenvalue weighted by molar-refractivity contribution is 7.98. The molecule has 2 N–H and O–H groups in total. The van der Waals surface area contributed by atoms with E-state index in [-0.39, 0.29) is 24.4 Å². The number of hydrogen-bond donors (Lipinski definition) is 1. The van der Waals surface area contributed by atoms with E-state index >= 15 is 0 Å². The van der Waals surface area contributed by atoms with Gasteiger partial charge in [-0.15, -0.1) is 24.2 Å². The summed E-state index contributed by atoms with van der Waals surface area (Å²) in [5, 5.41) is 0. The van der Waals surface area contributed by atoms with E-state index in [0.717, 1.165) is 29.8 Å². The van der Waals surface area contributed by atoms with Crippen molar-refractivity contribution in [3.05, 3.63) is 29.8 Å². The molecule has 18 heavy (non-hydrogen) atoms. The van der Waals surface area contributed by atoms with E-state index in [0.29, 0.717) is 6.54 Å². The third-order valence-corrected chi connectivity index (χ3v) is 4.04. The number of nitrogens with zero attached hydrogens (tertiary/aromatic N) is 1. The molecule has 0 saturated carbocycles. The molecule has 100 valence electrons. The number of thioether (sulfide) groups is 1. The lowest BCUT2D eigenvalue weighted by atomic mass is 10.1. The minimum Gasteiger partial charge on any atom is -0.334 e. The Bertz CT molecular complexity index is 414. The van der Waals surface area contributed by atoms with Gasteiger partial charge in [-0.2, -0.15) is 0 Å². The van der Waals surface area contributed by atoms with Crippen LogP contribution in [0.1, 0.15) is 23.2 Å². The summed E-state index contributed by atoms with van der Waals surface area (Å²) in [5.74, 6) is 0.128. The Kier molecular flexibility index (Phi) is 5.99. The first-order valence-electron chi connectivity index (χ1n) is 5.92. The molecule has 1 unspecified atom stereocenters. The summed E-state index contributed by atoms with van der Waals surface area (Å²) in [5.41, 5.74) is 6.52. The molecular formula is C13H19ClN2OS. The molecule has 1 atom stereocenters. The van der Waals surface area contributed by atoms with E-state index < -0.39 is 0 Å². The van der Waals surface area contributed by atoms with Gasteiger partial charge in [-0.1, -0.05) is 12.1 Å². The topological polar surface area (TPSA) is 46.3 Å². The van der Waals surface area contributed by atoms with Crippen molar-refractivity contribution in [2.75, 3.05) is 19.3 Å². The van der Waals surface area contributed by atoms with E-state index in [1.165, 1.54) is 0 Å². The van der Waals surface area contributed by atoms with Crippen LogP contribution in [-0.2, 0) is 0 Å². The van der Waals surface area contributed by atoms with Crippen LogP contribution in [0, 0.1) is 0 Å². The molecule has 1 heterocycles. The van der Waals surface area contributed by atoms with Crippen molar-refractivity contribution in [3.63, 3.8) is 0 Å². The molecule has 1 amide bonds. The Labute approximate surface area is 119 Å². The van der Waals surface area contributed by atoms with Crippen molar-refractivity contribution >= 4 is 30.1 Å². The molecule has 0 radical (unpaired) electrons. The fourth-order valence-electron chi connectivity index (χ4n) is 2.32. The monoisotopic (exact) mass is 286 g/mol. The largest absolute Gasteiger partial charge is 0.334 e. The van der Waals surface area contributed by atoms with Crippen molar-refractivity contribution in [2.24, 2.45) is 5.73 Å². The van der Waals surface area contributed by atoms with Crippen molar-refractivity contribution in [1.82, 2.24) is 4.90 Å². The molecule has 0 spiro atoms. The highest BCUT2D eigenvalue weighted by Gasteiger charge is 2.29. The third kappa shape index (κ3) is 2.99. The lowest BCUT2D eigenvalue weighted by Gasteiger charge is -2.24. The average molecular weight is 287 g/mol. The quantitative estimate of drug-likeness (QED) is 0.868. The summed E-state index contributed by atoms with van der Waals surface area (Å²) >= 11 is 1.61. The van der Waals surface area contributed by atoms with Crippen LogP contribution < -0.4 is 5.73 Å². The van der Waals surface area contributed by atoms with Gasteiger partial charge in [0.2, 0.25) is 0 Å². The van der Waals surface area contributed by atoms with Gasteiger partial charge < -0.3 is 10.6 Å². The standard InChI is InChI=1S/C13H18N2OS.ClH/c1-17-12-7-3-2-6-11(12)13(16)15-8-4-5-10(15)9-14;/h2-3,6-7,10H,4-5,8-9,14H2,1H3;1H. The zero-order chi connectivity index (χ0) is 12.3. The molecule has 0 aromatic heterocycles. The lowest BCUT2D eigenvalue weighted by Crippen LogP contribution is -2.40. The fourth-order valence-corrected chi connectivity index (χ4v) is 2.91. The van der Waals surface area contributed by atoms with Gasteiger partial charge in [-0.05, 0) is 31.2 Å². The predicted molar refractivity (Wildman–Crippen MR) is 78.6 cm³/mol. The van der Waals surface area contributed by atoms with Crippen LogP contribution in [0.2, 0.25) is 0 Å². The average Bonchev–Trinajstić information content (AvgIpc) is 2.86. The Balaban J connectivity index is 0.00000162. The maximum atomic E-state index is 12.5. The summed E-state index contributed by atoms with van der Waals surface area (Å²) in [6.45, 7) is 1.40. The Morgan fingerprint density at radius 3 is 2.89 bits per heavy atom. The van der Waals surface area contributed by atoms with Crippen LogP contribution in [0.25, 0.3) is 0 Å². The van der Waals surface area contributed by atoms with E-state index in [4.69, 9.17) is 5.73 Å². The highest BCUT2D eigenvalue weighted by Crippen LogP contribution is 2.25. The van der Waals surface area contributed by atoms with Gasteiger partial charge in [0, 0.05) is 24.0 Å². The molecule has 1 aromatic rings. The van der Waals surface area contributed by atoms with Gasteiger partial charge in [-0.3, -0.25) is 4.79 Å². The molecule has 1 saturated heterocycles. The van der Waals surface area contributed by atoms with E-state index in [9.17, 15) is 4.79 Å². The Hall–Kier alpha value is -0.710. The second-order valence-electron chi connectivity index (χ2n) is 4.23. The number of hydrogen-bond acceptors (Lipinski definition) is 3. The number of nitrogens with two attached hydrogens (primary N) is 1. The van der Waals surface area contributed by atoms with E-state index in [2.05, 4.69) is 0 Å². The number of likely N-dealkylation sites (tertiary alicyclic amines) is 1. The number of carbonyl (C=O) groups is 1. The molecule has 3 nitrogen and oxygen atoms in total. The van der Waals surface area contributed by atoms with Gasteiger partial charge in [0.15, 0.2) is 0 Å². The van der Waals surface area contributed by atoms with Gasteiger partial charge in [0.05, 0.1) is 5.56 Å². The molecule has 0 aliphatic carbocycles. The molecular weight excluding hydrogens is 268 g/mol. The maximum Gasteiger partial charge on any atom is 0.255 e. The zero-order valence-electron chi connectivity index (χ0n) is 10.5. The van der Waals surface area contributed by atoms with Crippen LogP contribution in [0.5, 0.6) is 0 Å². The Morgan fingerprint density at radius 1 is 1.50 bits per heavy atom. The van der Waals surface area contributed by atoms with Crippen molar-refractivity contribution in [3.8, 4) is 0 Å². The van der Waals surface area contributed by atoms with Crippen molar-refractivity contribution in [1.29, 1.82) is 0 Å². The number of halogens is 1. The first-order valence-corrected chi connectivity index (χ1v) is 7.14. The first-order chi connectivity index (χ1) is 8.27.